The van der Waals surface area contributed by atoms with Crippen molar-refractivity contribution in [2.45, 2.75) is 46.0 Å². The smallest absolute Gasteiger partial charge is 0.308 e. The molecule has 1 rings (SSSR count). The maximum Gasteiger partial charge on any atom is 0.308 e. The van der Waals surface area contributed by atoms with Gasteiger partial charge < -0.3 is 9.84 Å². The van der Waals surface area contributed by atoms with E-state index in [1.807, 2.05) is 26.0 Å². The van der Waals surface area contributed by atoms with Gasteiger partial charge in [-0.15, -0.1) is 0 Å². The number of rotatable bonds is 6. The van der Waals surface area contributed by atoms with Gasteiger partial charge in [-0.05, 0) is 42.9 Å². The van der Waals surface area contributed by atoms with Crippen molar-refractivity contribution in [3.63, 3.8) is 0 Å². The van der Waals surface area contributed by atoms with Crippen LogP contribution in [0.4, 0.5) is 0 Å². The van der Waals surface area contributed by atoms with Gasteiger partial charge in [0.2, 0.25) is 0 Å². The zero-order chi connectivity index (χ0) is 14.5. The fraction of sp³-hybridized carbons (Fsp3) is 0.562. The van der Waals surface area contributed by atoms with Crippen molar-refractivity contribution in [1.29, 1.82) is 0 Å². The highest BCUT2D eigenvalue weighted by molar-refractivity contribution is 5.71. The fourth-order valence-corrected chi connectivity index (χ4v) is 2.04. The van der Waals surface area contributed by atoms with E-state index < -0.39 is 0 Å². The van der Waals surface area contributed by atoms with Gasteiger partial charge in [0.15, 0.2) is 0 Å². The third-order valence-electron chi connectivity index (χ3n) is 3.54. The summed E-state index contributed by atoms with van der Waals surface area (Å²) in [5, 5.41) is 9.31. The summed E-state index contributed by atoms with van der Waals surface area (Å²) in [6.45, 7) is 8.47. The summed E-state index contributed by atoms with van der Waals surface area (Å²) in [6, 6.07) is 7.27. The van der Waals surface area contributed by atoms with E-state index in [2.05, 4.69) is 13.8 Å². The van der Waals surface area contributed by atoms with Gasteiger partial charge in [0.05, 0.1) is 12.5 Å². The topological polar surface area (TPSA) is 46.5 Å². The first-order valence-corrected chi connectivity index (χ1v) is 6.83. The summed E-state index contributed by atoms with van der Waals surface area (Å²) in [5.74, 6) is 0.0831. The second-order valence-corrected chi connectivity index (χ2v) is 5.62. The van der Waals surface area contributed by atoms with Gasteiger partial charge in [0.1, 0.15) is 5.75 Å². The number of carbonyl (C=O) groups excluding carboxylic acids is 1. The molecule has 3 heteroatoms. The van der Waals surface area contributed by atoms with Crippen LogP contribution in [0.2, 0.25) is 0 Å². The summed E-state index contributed by atoms with van der Waals surface area (Å²) in [5.41, 5.74) is 1.15. The second kappa shape index (κ2) is 6.60. The Morgan fingerprint density at radius 3 is 2.42 bits per heavy atom. The molecule has 0 fully saturated rings. The van der Waals surface area contributed by atoms with Gasteiger partial charge >= 0.3 is 5.97 Å². The van der Waals surface area contributed by atoms with Crippen LogP contribution in [0.15, 0.2) is 24.3 Å². The molecule has 0 saturated carbocycles. The van der Waals surface area contributed by atoms with Crippen molar-refractivity contribution in [3.05, 3.63) is 29.8 Å². The summed E-state index contributed by atoms with van der Waals surface area (Å²) in [7, 11) is 0. The average Bonchev–Trinajstić information content (AvgIpc) is 2.37. The summed E-state index contributed by atoms with van der Waals surface area (Å²) in [6.07, 6.45) is 1.70. The van der Waals surface area contributed by atoms with Crippen LogP contribution in [0.5, 0.6) is 5.75 Å². The summed E-state index contributed by atoms with van der Waals surface area (Å²) in [4.78, 5) is 11.6. The molecule has 1 N–H and O–H groups in total. The minimum atomic E-state index is -0.121. The predicted octanol–water partition coefficient (Wildman–Crippen LogP) is 3.65. The molecule has 106 valence electrons. The standard InChI is InChI=1S/C16H24O3/c1-5-19-15(18)12(2)10-11-16(3,4)13-6-8-14(17)9-7-13/h6-9,12,17H,5,10-11H2,1-4H3. The number of benzene rings is 1. The van der Waals surface area contributed by atoms with Crippen molar-refractivity contribution >= 4 is 5.97 Å². The lowest BCUT2D eigenvalue weighted by atomic mass is 9.79. The molecule has 0 heterocycles. The zero-order valence-corrected chi connectivity index (χ0v) is 12.3. The number of hydrogen-bond acceptors (Lipinski definition) is 3. The van der Waals surface area contributed by atoms with Crippen LogP contribution in [-0.4, -0.2) is 17.7 Å². The fourth-order valence-electron chi connectivity index (χ4n) is 2.04. The van der Waals surface area contributed by atoms with Gasteiger partial charge in [-0.1, -0.05) is 32.9 Å². The van der Waals surface area contributed by atoms with Crippen molar-refractivity contribution in [1.82, 2.24) is 0 Å². The number of hydrogen-bond donors (Lipinski definition) is 1. The highest BCUT2D eigenvalue weighted by Gasteiger charge is 2.23. The lowest BCUT2D eigenvalue weighted by Gasteiger charge is -2.26. The zero-order valence-electron chi connectivity index (χ0n) is 12.3. The summed E-state index contributed by atoms with van der Waals surface area (Å²) < 4.78 is 5.02. The van der Waals surface area contributed by atoms with Crippen molar-refractivity contribution in [2.24, 2.45) is 5.92 Å². The highest BCUT2D eigenvalue weighted by atomic mass is 16.5. The van der Waals surface area contributed by atoms with Gasteiger partial charge in [-0.2, -0.15) is 0 Å². The molecule has 0 aromatic heterocycles. The van der Waals surface area contributed by atoms with Gasteiger partial charge in [0.25, 0.3) is 0 Å². The number of phenols is 1. The molecule has 0 radical (unpaired) electrons. The Hall–Kier alpha value is -1.51. The van der Waals surface area contributed by atoms with Crippen molar-refractivity contribution in [2.75, 3.05) is 6.61 Å². The lowest BCUT2D eigenvalue weighted by molar-refractivity contribution is -0.147. The first kappa shape index (κ1) is 15.5. The monoisotopic (exact) mass is 264 g/mol. The molecule has 0 spiro atoms. The Bertz CT molecular complexity index is 407. The van der Waals surface area contributed by atoms with E-state index in [1.165, 1.54) is 5.56 Å². The molecule has 1 aromatic carbocycles. The van der Waals surface area contributed by atoms with Gasteiger partial charge in [-0.25, -0.2) is 0 Å². The van der Waals surface area contributed by atoms with E-state index in [0.717, 1.165) is 12.8 Å². The van der Waals surface area contributed by atoms with E-state index >= 15 is 0 Å². The van der Waals surface area contributed by atoms with E-state index in [4.69, 9.17) is 4.74 Å². The Balaban J connectivity index is 2.60. The van der Waals surface area contributed by atoms with E-state index in [0.29, 0.717) is 6.61 Å². The molecule has 0 aliphatic heterocycles. The molecule has 1 unspecified atom stereocenters. The maximum absolute atomic E-state index is 11.6. The van der Waals surface area contributed by atoms with Crippen LogP contribution in [0, 0.1) is 5.92 Å². The normalized spacial score (nSPS) is 13.1. The van der Waals surface area contributed by atoms with Crippen molar-refractivity contribution < 1.29 is 14.6 Å². The quantitative estimate of drug-likeness (QED) is 0.798. The Morgan fingerprint density at radius 2 is 1.89 bits per heavy atom. The summed E-state index contributed by atoms with van der Waals surface area (Å²) >= 11 is 0. The Morgan fingerprint density at radius 1 is 1.32 bits per heavy atom. The lowest BCUT2D eigenvalue weighted by Crippen LogP contribution is -2.21. The Labute approximate surface area is 115 Å². The molecule has 0 aliphatic rings. The minimum absolute atomic E-state index is 0.0194. The molecule has 0 aliphatic carbocycles. The molecule has 0 bridgehead atoms. The number of aromatic hydroxyl groups is 1. The third kappa shape index (κ3) is 4.58. The number of carbonyl (C=O) groups is 1. The van der Waals surface area contributed by atoms with Crippen LogP contribution in [0.3, 0.4) is 0 Å². The largest absolute Gasteiger partial charge is 0.508 e. The van der Waals surface area contributed by atoms with E-state index in [1.54, 1.807) is 12.1 Å². The minimum Gasteiger partial charge on any atom is -0.508 e. The first-order valence-electron chi connectivity index (χ1n) is 6.83. The maximum atomic E-state index is 11.6. The molecule has 19 heavy (non-hydrogen) atoms. The molecule has 1 atom stereocenters. The second-order valence-electron chi connectivity index (χ2n) is 5.62. The molecule has 3 nitrogen and oxygen atoms in total. The van der Waals surface area contributed by atoms with Gasteiger partial charge in [0, 0.05) is 0 Å². The number of ether oxygens (including phenoxy) is 1. The van der Waals surface area contributed by atoms with Crippen LogP contribution in [-0.2, 0) is 14.9 Å². The van der Waals surface area contributed by atoms with Crippen LogP contribution in [0.1, 0.15) is 46.1 Å². The predicted molar refractivity (Wildman–Crippen MR) is 76.2 cm³/mol. The number of esters is 1. The highest BCUT2D eigenvalue weighted by Crippen LogP contribution is 2.31. The molecule has 0 saturated heterocycles. The Kier molecular flexibility index (Phi) is 5.40. The number of phenolic OH excluding ortho intramolecular Hbond substituents is 1. The molecular weight excluding hydrogens is 240 g/mol. The van der Waals surface area contributed by atoms with Crippen molar-refractivity contribution in [3.8, 4) is 5.75 Å². The molecule has 0 amide bonds. The van der Waals surface area contributed by atoms with Crippen LogP contribution < -0.4 is 0 Å². The van der Waals surface area contributed by atoms with Crippen LogP contribution in [0.25, 0.3) is 0 Å². The van der Waals surface area contributed by atoms with E-state index in [9.17, 15) is 9.90 Å². The average molecular weight is 264 g/mol. The van der Waals surface area contributed by atoms with Crippen LogP contribution >= 0.6 is 0 Å². The first-order chi connectivity index (χ1) is 8.86. The third-order valence-corrected chi connectivity index (χ3v) is 3.54. The van der Waals surface area contributed by atoms with E-state index in [-0.39, 0.29) is 23.1 Å². The molecule has 1 aromatic rings. The van der Waals surface area contributed by atoms with Gasteiger partial charge in [-0.3, -0.25) is 4.79 Å². The SMILES string of the molecule is CCOC(=O)C(C)CCC(C)(C)c1ccc(O)cc1. The molecular formula is C16H24O3.